The van der Waals surface area contributed by atoms with Gasteiger partial charge in [0.05, 0.1) is 5.41 Å². The summed E-state index contributed by atoms with van der Waals surface area (Å²) in [6.07, 6.45) is 2.51. The molecule has 0 aliphatic carbocycles. The summed E-state index contributed by atoms with van der Waals surface area (Å²) in [5.41, 5.74) is 8.17. The lowest BCUT2D eigenvalue weighted by molar-refractivity contribution is 0.266. The van der Waals surface area contributed by atoms with E-state index in [1.165, 1.54) is 11.1 Å². The zero-order valence-corrected chi connectivity index (χ0v) is 12.5. The van der Waals surface area contributed by atoms with E-state index < -0.39 is 0 Å². The van der Waals surface area contributed by atoms with Crippen molar-refractivity contribution in [2.75, 3.05) is 6.54 Å². The summed E-state index contributed by atoms with van der Waals surface area (Å²) in [6, 6.07) is 8.39. The second kappa shape index (κ2) is 6.18. The first-order chi connectivity index (χ1) is 9.63. The second-order valence-electron chi connectivity index (χ2n) is 5.37. The van der Waals surface area contributed by atoms with Gasteiger partial charge in [-0.1, -0.05) is 48.8 Å². The van der Waals surface area contributed by atoms with E-state index in [0.29, 0.717) is 18.9 Å². The van der Waals surface area contributed by atoms with Gasteiger partial charge < -0.3 is 10.3 Å². The molecule has 108 valence electrons. The molecule has 1 heterocycles. The molecule has 2 N–H and O–H groups in total. The summed E-state index contributed by atoms with van der Waals surface area (Å²) >= 11 is 0. The Labute approximate surface area is 120 Å². The van der Waals surface area contributed by atoms with Gasteiger partial charge in [-0.25, -0.2) is 0 Å². The predicted molar refractivity (Wildman–Crippen MR) is 79.6 cm³/mol. The highest BCUT2D eigenvalue weighted by Crippen LogP contribution is 2.29. The van der Waals surface area contributed by atoms with Gasteiger partial charge in [0, 0.05) is 13.0 Å². The minimum atomic E-state index is -0.182. The van der Waals surface area contributed by atoms with E-state index in [2.05, 4.69) is 55.2 Å². The zero-order chi connectivity index (χ0) is 14.6. The van der Waals surface area contributed by atoms with Crippen molar-refractivity contribution < 1.29 is 4.52 Å². The molecule has 0 unspecified atom stereocenters. The molecule has 1 aromatic carbocycles. The Morgan fingerprint density at radius 1 is 1.15 bits per heavy atom. The molecule has 1 aromatic heterocycles. The maximum absolute atomic E-state index is 5.91. The van der Waals surface area contributed by atoms with E-state index in [-0.39, 0.29) is 5.41 Å². The number of nitrogens with two attached hydrogens (primary N) is 1. The number of hydrogen-bond donors (Lipinski definition) is 1. The van der Waals surface area contributed by atoms with Crippen LogP contribution in [0.4, 0.5) is 0 Å². The third-order valence-electron chi connectivity index (χ3n) is 4.15. The van der Waals surface area contributed by atoms with Crippen LogP contribution in [-0.2, 0) is 11.8 Å². The van der Waals surface area contributed by atoms with Gasteiger partial charge in [-0.3, -0.25) is 0 Å². The Balaban J connectivity index is 2.18. The van der Waals surface area contributed by atoms with Crippen LogP contribution in [0, 0.1) is 6.92 Å². The molecule has 0 fully saturated rings. The lowest BCUT2D eigenvalue weighted by Crippen LogP contribution is -2.34. The molecule has 2 aromatic rings. The van der Waals surface area contributed by atoms with Crippen molar-refractivity contribution >= 4 is 0 Å². The minimum Gasteiger partial charge on any atom is -0.339 e. The Morgan fingerprint density at radius 2 is 1.80 bits per heavy atom. The van der Waals surface area contributed by atoms with Gasteiger partial charge in [0.15, 0.2) is 5.82 Å². The summed E-state index contributed by atoms with van der Waals surface area (Å²) in [5.74, 6) is 1.40. The molecule has 0 spiro atoms. The Hall–Kier alpha value is -1.68. The van der Waals surface area contributed by atoms with Crippen molar-refractivity contribution in [3.05, 3.63) is 47.1 Å². The number of rotatable bonds is 6. The summed E-state index contributed by atoms with van der Waals surface area (Å²) < 4.78 is 5.46. The fourth-order valence-corrected chi connectivity index (χ4v) is 2.36. The molecule has 0 aliphatic rings. The van der Waals surface area contributed by atoms with Crippen LogP contribution in [0.15, 0.2) is 28.8 Å². The van der Waals surface area contributed by atoms with Crippen LogP contribution in [-0.4, -0.2) is 16.7 Å². The van der Waals surface area contributed by atoms with Crippen molar-refractivity contribution in [3.63, 3.8) is 0 Å². The monoisotopic (exact) mass is 273 g/mol. The number of nitrogens with zero attached hydrogens (tertiary/aromatic N) is 2. The molecular formula is C16H23N3O. The van der Waals surface area contributed by atoms with Crippen molar-refractivity contribution in [1.82, 2.24) is 10.1 Å². The molecule has 4 nitrogen and oxygen atoms in total. The topological polar surface area (TPSA) is 64.9 Å². The van der Waals surface area contributed by atoms with E-state index in [0.717, 1.165) is 18.7 Å². The van der Waals surface area contributed by atoms with Crippen LogP contribution in [0.25, 0.3) is 0 Å². The molecule has 0 saturated heterocycles. The first kappa shape index (κ1) is 14.7. The van der Waals surface area contributed by atoms with Crippen molar-refractivity contribution in [3.8, 4) is 0 Å². The summed E-state index contributed by atoms with van der Waals surface area (Å²) in [7, 11) is 0. The van der Waals surface area contributed by atoms with E-state index in [4.69, 9.17) is 10.3 Å². The average Bonchev–Trinajstić information content (AvgIpc) is 2.93. The van der Waals surface area contributed by atoms with E-state index in [1.807, 2.05) is 0 Å². The Morgan fingerprint density at radius 3 is 2.35 bits per heavy atom. The van der Waals surface area contributed by atoms with Gasteiger partial charge in [0.25, 0.3) is 0 Å². The number of benzene rings is 1. The summed E-state index contributed by atoms with van der Waals surface area (Å²) in [5, 5.41) is 4.10. The molecule has 2 rings (SSSR count). The number of hydrogen-bond acceptors (Lipinski definition) is 4. The highest BCUT2D eigenvalue weighted by Gasteiger charge is 2.33. The maximum atomic E-state index is 5.91. The molecule has 20 heavy (non-hydrogen) atoms. The van der Waals surface area contributed by atoms with Gasteiger partial charge in [0.2, 0.25) is 5.89 Å². The normalized spacial score (nSPS) is 11.8. The van der Waals surface area contributed by atoms with Gasteiger partial charge in [-0.15, -0.1) is 0 Å². The fourth-order valence-electron chi connectivity index (χ4n) is 2.36. The first-order valence-corrected chi connectivity index (χ1v) is 7.22. The molecule has 4 heteroatoms. The highest BCUT2D eigenvalue weighted by atomic mass is 16.5. The van der Waals surface area contributed by atoms with Crippen LogP contribution in [0.3, 0.4) is 0 Å². The van der Waals surface area contributed by atoms with Crippen LogP contribution in [0.1, 0.15) is 49.5 Å². The molecule has 0 atom stereocenters. The third kappa shape index (κ3) is 2.90. The maximum Gasteiger partial charge on any atom is 0.234 e. The molecule has 0 radical (unpaired) electrons. The van der Waals surface area contributed by atoms with Crippen LogP contribution < -0.4 is 5.73 Å². The SMILES string of the molecule is CCC(CC)(CN)c1nc(Cc2ccc(C)cc2)no1. The van der Waals surface area contributed by atoms with Gasteiger partial charge in [-0.2, -0.15) is 4.98 Å². The van der Waals surface area contributed by atoms with Gasteiger partial charge in [-0.05, 0) is 25.3 Å². The van der Waals surface area contributed by atoms with E-state index in [1.54, 1.807) is 0 Å². The molecule has 0 saturated carbocycles. The van der Waals surface area contributed by atoms with Crippen molar-refractivity contribution in [2.24, 2.45) is 5.73 Å². The van der Waals surface area contributed by atoms with Crippen LogP contribution >= 0.6 is 0 Å². The number of aryl methyl sites for hydroxylation is 1. The lowest BCUT2D eigenvalue weighted by atomic mass is 9.82. The predicted octanol–water partition coefficient (Wildman–Crippen LogP) is 2.99. The highest BCUT2D eigenvalue weighted by molar-refractivity contribution is 5.23. The Kier molecular flexibility index (Phi) is 4.55. The minimum absolute atomic E-state index is 0.182. The largest absolute Gasteiger partial charge is 0.339 e. The average molecular weight is 273 g/mol. The Bertz CT molecular complexity index is 533. The van der Waals surface area contributed by atoms with Gasteiger partial charge >= 0.3 is 0 Å². The second-order valence-corrected chi connectivity index (χ2v) is 5.37. The van der Waals surface area contributed by atoms with Crippen molar-refractivity contribution in [1.29, 1.82) is 0 Å². The summed E-state index contributed by atoms with van der Waals surface area (Å²) in [4.78, 5) is 4.56. The first-order valence-electron chi connectivity index (χ1n) is 7.22. The standard InChI is InChI=1S/C16H23N3O/c1-4-16(5-2,11-17)15-18-14(19-20-15)10-13-8-6-12(3)7-9-13/h6-9H,4-5,10-11,17H2,1-3H3. The number of aromatic nitrogens is 2. The van der Waals surface area contributed by atoms with E-state index >= 15 is 0 Å². The van der Waals surface area contributed by atoms with E-state index in [9.17, 15) is 0 Å². The quantitative estimate of drug-likeness (QED) is 0.878. The van der Waals surface area contributed by atoms with Crippen molar-refractivity contribution in [2.45, 2.75) is 45.4 Å². The zero-order valence-electron chi connectivity index (χ0n) is 12.5. The van der Waals surface area contributed by atoms with Crippen LogP contribution in [0.2, 0.25) is 0 Å². The van der Waals surface area contributed by atoms with Crippen LogP contribution in [0.5, 0.6) is 0 Å². The summed E-state index contributed by atoms with van der Waals surface area (Å²) in [6.45, 7) is 6.83. The molecule has 0 bridgehead atoms. The third-order valence-corrected chi connectivity index (χ3v) is 4.15. The lowest BCUT2D eigenvalue weighted by Gasteiger charge is -2.24. The molecule has 0 amide bonds. The fraction of sp³-hybridized carbons (Fsp3) is 0.500. The van der Waals surface area contributed by atoms with Gasteiger partial charge in [0.1, 0.15) is 0 Å². The smallest absolute Gasteiger partial charge is 0.234 e. The molecular weight excluding hydrogens is 250 g/mol. The molecule has 0 aliphatic heterocycles.